The van der Waals surface area contributed by atoms with E-state index in [0.717, 1.165) is 77.0 Å². The number of carbonyl (C=O) groups is 1. The van der Waals surface area contributed by atoms with Crippen LogP contribution in [0.25, 0.3) is 0 Å². The van der Waals surface area contributed by atoms with Gasteiger partial charge in [-0.05, 0) is 64.2 Å². The van der Waals surface area contributed by atoms with E-state index in [1.54, 1.807) is 6.08 Å². The average Bonchev–Trinajstić information content (AvgIpc) is 3.04. The maximum absolute atomic E-state index is 12.8. The van der Waals surface area contributed by atoms with Crippen molar-refractivity contribution < 1.29 is 32.9 Å². The van der Waals surface area contributed by atoms with Gasteiger partial charge in [-0.1, -0.05) is 126 Å². The number of aliphatic hydroxyl groups excluding tert-OH is 1. The normalized spacial score (nSPS) is 15.3. The number of phosphoric ester groups is 1. The van der Waals surface area contributed by atoms with E-state index < -0.39 is 26.6 Å². The quantitative estimate of drug-likeness (QED) is 0.0305. The summed E-state index contributed by atoms with van der Waals surface area (Å²) in [6, 6.07) is -0.911. The molecular formula is C40H73N2O6P. The lowest BCUT2D eigenvalue weighted by Gasteiger charge is -2.29. The molecule has 3 unspecified atom stereocenters. The molecule has 3 atom stereocenters. The monoisotopic (exact) mass is 709 g/mol. The molecule has 0 bridgehead atoms. The van der Waals surface area contributed by atoms with Gasteiger partial charge in [-0.15, -0.1) is 0 Å². The van der Waals surface area contributed by atoms with E-state index in [1.165, 1.54) is 38.5 Å². The fraction of sp³-hybridized carbons (Fsp3) is 0.725. The highest BCUT2D eigenvalue weighted by atomic mass is 31.2. The van der Waals surface area contributed by atoms with E-state index in [4.69, 9.17) is 9.05 Å². The minimum Gasteiger partial charge on any atom is -0.756 e. The molecule has 0 aliphatic rings. The number of nitrogens with zero attached hydrogens (tertiary/aromatic N) is 1. The van der Waals surface area contributed by atoms with E-state index >= 15 is 0 Å². The van der Waals surface area contributed by atoms with Crippen molar-refractivity contribution in [3.05, 3.63) is 60.8 Å². The Labute approximate surface area is 301 Å². The first kappa shape index (κ1) is 47.2. The molecule has 0 saturated heterocycles. The molecule has 0 aromatic rings. The van der Waals surface area contributed by atoms with Crippen LogP contribution in [-0.2, 0) is 18.4 Å². The second kappa shape index (κ2) is 32.1. The minimum absolute atomic E-state index is 0.0129. The van der Waals surface area contributed by atoms with Crippen LogP contribution in [-0.4, -0.2) is 68.5 Å². The molecule has 0 saturated carbocycles. The summed E-state index contributed by atoms with van der Waals surface area (Å²) >= 11 is 0. The molecule has 0 fully saturated rings. The summed E-state index contributed by atoms with van der Waals surface area (Å²) in [5.74, 6) is -0.230. The predicted octanol–water partition coefficient (Wildman–Crippen LogP) is 9.27. The van der Waals surface area contributed by atoms with E-state index in [1.807, 2.05) is 27.2 Å². The fourth-order valence-corrected chi connectivity index (χ4v) is 5.61. The van der Waals surface area contributed by atoms with Crippen molar-refractivity contribution >= 4 is 13.7 Å². The molecule has 0 aromatic heterocycles. The molecule has 0 spiro atoms. The highest BCUT2D eigenvalue weighted by Gasteiger charge is 2.23. The molecule has 0 aromatic carbocycles. The van der Waals surface area contributed by atoms with E-state index in [9.17, 15) is 19.4 Å². The third-order valence-electron chi connectivity index (χ3n) is 7.96. The molecule has 49 heavy (non-hydrogen) atoms. The summed E-state index contributed by atoms with van der Waals surface area (Å²) in [6.07, 6.45) is 39.8. The minimum atomic E-state index is -4.59. The Morgan fingerprint density at radius 2 is 1.27 bits per heavy atom. The molecule has 9 heteroatoms. The van der Waals surface area contributed by atoms with E-state index in [-0.39, 0.29) is 12.5 Å². The third kappa shape index (κ3) is 34.4. The van der Waals surface area contributed by atoms with E-state index in [0.29, 0.717) is 17.4 Å². The molecule has 284 valence electrons. The number of allylic oxidation sites excluding steroid dienone is 9. The number of unbranched alkanes of at least 4 members (excludes halogenated alkanes) is 12. The number of carbonyl (C=O) groups excluding carboxylic acids is 1. The van der Waals surface area contributed by atoms with Gasteiger partial charge in [-0.2, -0.15) is 0 Å². The van der Waals surface area contributed by atoms with Crippen LogP contribution in [0.4, 0.5) is 0 Å². The molecule has 0 rings (SSSR count). The van der Waals surface area contributed by atoms with Gasteiger partial charge in [0.15, 0.2) is 0 Å². The fourth-order valence-electron chi connectivity index (χ4n) is 4.89. The van der Waals surface area contributed by atoms with Crippen molar-refractivity contribution in [2.24, 2.45) is 0 Å². The number of likely N-dealkylation sites (N-methyl/N-ethyl adjacent to an activating group) is 1. The highest BCUT2D eigenvalue weighted by Crippen LogP contribution is 2.38. The van der Waals surface area contributed by atoms with Crippen molar-refractivity contribution in [2.45, 2.75) is 148 Å². The number of aliphatic hydroxyl groups is 1. The van der Waals surface area contributed by atoms with Crippen LogP contribution in [0.2, 0.25) is 0 Å². The van der Waals surface area contributed by atoms with Crippen LogP contribution >= 0.6 is 7.82 Å². The van der Waals surface area contributed by atoms with Gasteiger partial charge in [0.1, 0.15) is 13.2 Å². The number of nitrogens with one attached hydrogen (secondary N) is 1. The molecule has 2 N–H and O–H groups in total. The summed E-state index contributed by atoms with van der Waals surface area (Å²) in [5, 5.41) is 13.7. The SMILES string of the molecule is CC/C=C\C/C=C\C/C=C\CCCCCCCC(=O)NC(COP(=O)([O-])OCC[N+](C)(C)C)C(O)/C=C/CC/C=C/CCCCCCCC. The van der Waals surface area contributed by atoms with Crippen molar-refractivity contribution in [2.75, 3.05) is 40.9 Å². The maximum Gasteiger partial charge on any atom is 0.268 e. The van der Waals surface area contributed by atoms with Gasteiger partial charge in [0.2, 0.25) is 5.91 Å². The van der Waals surface area contributed by atoms with Crippen LogP contribution in [0.5, 0.6) is 0 Å². The molecule has 0 radical (unpaired) electrons. The predicted molar refractivity (Wildman–Crippen MR) is 205 cm³/mol. The Balaban J connectivity index is 4.62. The van der Waals surface area contributed by atoms with Gasteiger partial charge in [0, 0.05) is 6.42 Å². The molecule has 1 amide bonds. The smallest absolute Gasteiger partial charge is 0.268 e. The summed E-state index contributed by atoms with van der Waals surface area (Å²) in [4.78, 5) is 25.1. The van der Waals surface area contributed by atoms with Crippen molar-refractivity contribution in [3.8, 4) is 0 Å². The molecule has 0 aliphatic carbocycles. The summed E-state index contributed by atoms with van der Waals surface area (Å²) in [7, 11) is 1.22. The number of quaternary nitrogens is 1. The van der Waals surface area contributed by atoms with Crippen molar-refractivity contribution in [1.29, 1.82) is 0 Å². The maximum atomic E-state index is 12.8. The van der Waals surface area contributed by atoms with Gasteiger partial charge >= 0.3 is 0 Å². The zero-order valence-corrected chi connectivity index (χ0v) is 32.8. The lowest BCUT2D eigenvalue weighted by Crippen LogP contribution is -2.45. The second-order valence-electron chi connectivity index (χ2n) is 13.9. The van der Waals surface area contributed by atoms with Gasteiger partial charge in [0.05, 0.1) is 39.9 Å². The van der Waals surface area contributed by atoms with Crippen molar-refractivity contribution in [3.63, 3.8) is 0 Å². The van der Waals surface area contributed by atoms with Crippen LogP contribution in [0.1, 0.15) is 136 Å². The average molecular weight is 709 g/mol. The Kier molecular flexibility index (Phi) is 31.0. The van der Waals surface area contributed by atoms with Crippen molar-refractivity contribution in [1.82, 2.24) is 5.32 Å². The largest absolute Gasteiger partial charge is 0.756 e. The summed E-state index contributed by atoms with van der Waals surface area (Å²) < 4.78 is 23.0. The topological polar surface area (TPSA) is 108 Å². The first-order valence-corrected chi connectivity index (χ1v) is 20.6. The number of phosphoric acid groups is 1. The lowest BCUT2D eigenvalue weighted by molar-refractivity contribution is -0.870. The van der Waals surface area contributed by atoms with Gasteiger partial charge in [0.25, 0.3) is 7.82 Å². The van der Waals surface area contributed by atoms with Gasteiger partial charge in [-0.25, -0.2) is 0 Å². The Morgan fingerprint density at radius 3 is 1.90 bits per heavy atom. The summed E-state index contributed by atoms with van der Waals surface area (Å²) in [6.45, 7) is 4.44. The first-order valence-electron chi connectivity index (χ1n) is 19.2. The number of hydrogen-bond donors (Lipinski definition) is 2. The van der Waals surface area contributed by atoms with Gasteiger partial charge in [-0.3, -0.25) is 9.36 Å². The van der Waals surface area contributed by atoms with Gasteiger partial charge < -0.3 is 28.8 Å². The lowest BCUT2D eigenvalue weighted by atomic mass is 10.1. The number of amides is 1. The Bertz CT molecular complexity index is 986. The van der Waals surface area contributed by atoms with Crippen LogP contribution in [0.3, 0.4) is 0 Å². The number of rotatable bonds is 33. The Hall–Kier alpha value is -1.80. The Morgan fingerprint density at radius 1 is 0.735 bits per heavy atom. The third-order valence-corrected chi connectivity index (χ3v) is 8.93. The number of hydrogen-bond acceptors (Lipinski definition) is 6. The second-order valence-corrected chi connectivity index (χ2v) is 15.3. The van der Waals surface area contributed by atoms with Crippen LogP contribution < -0.4 is 10.2 Å². The standard InChI is InChI=1S/C40H73N2O6P/c1-6-8-10-12-14-16-18-20-21-22-24-26-28-30-32-34-40(44)41-38(37-48-49(45,46)47-36-35-42(3,4)5)39(43)33-31-29-27-25-23-19-17-15-13-11-9-7-2/h8,10,14,16,20-21,23,25,31,33,38-39,43H,6-7,9,11-13,15,17-19,22,24,26-30,32,34-37H2,1-5H3,(H-,41,44,45,46)/b10-8-,16-14-,21-20-,25-23+,33-31+. The van der Waals surface area contributed by atoms with Crippen LogP contribution in [0.15, 0.2) is 60.8 Å². The first-order chi connectivity index (χ1) is 23.5. The van der Waals surface area contributed by atoms with E-state index in [2.05, 4.69) is 67.8 Å². The molecule has 8 nitrogen and oxygen atoms in total. The zero-order valence-electron chi connectivity index (χ0n) is 31.9. The summed E-state index contributed by atoms with van der Waals surface area (Å²) in [5.41, 5.74) is 0. The zero-order chi connectivity index (χ0) is 36.5. The molecular weight excluding hydrogens is 635 g/mol. The molecule has 0 heterocycles. The highest BCUT2D eigenvalue weighted by molar-refractivity contribution is 7.45. The van der Waals surface area contributed by atoms with Crippen LogP contribution in [0, 0.1) is 0 Å². The molecule has 0 aliphatic heterocycles.